The van der Waals surface area contributed by atoms with Gasteiger partial charge in [-0.2, -0.15) is 0 Å². The summed E-state index contributed by atoms with van der Waals surface area (Å²) in [5.41, 5.74) is -0.974. The first-order chi connectivity index (χ1) is 4.60. The van der Waals surface area contributed by atoms with Crippen LogP contribution in [0.4, 0.5) is 9.18 Å². The molecule has 0 aliphatic carbocycles. The van der Waals surface area contributed by atoms with Crippen LogP contribution in [0.25, 0.3) is 0 Å². The Hall–Kier alpha value is -0.510. The van der Waals surface area contributed by atoms with E-state index in [0.717, 1.165) is 4.42 Å². The van der Waals surface area contributed by atoms with Crippen molar-refractivity contribution in [1.82, 2.24) is 4.42 Å². The van der Waals surface area contributed by atoms with Gasteiger partial charge in [0.1, 0.15) is 18.8 Å². The zero-order valence-electron chi connectivity index (χ0n) is 5.43. The Morgan fingerprint density at radius 2 is 2.60 bits per heavy atom. The first kappa shape index (κ1) is 7.60. The molecule has 1 amide bonds. The van der Waals surface area contributed by atoms with Gasteiger partial charge in [-0.25, -0.2) is 13.6 Å². The van der Waals surface area contributed by atoms with Crippen LogP contribution in [-0.4, -0.2) is 29.3 Å². The molecule has 10 heavy (non-hydrogen) atoms. The molecule has 1 atom stereocenters. The lowest BCUT2D eigenvalue weighted by Gasteiger charge is -2.21. The summed E-state index contributed by atoms with van der Waals surface area (Å²) in [4.78, 5) is 10.6. The third-order valence-electron chi connectivity index (χ3n) is 1.43. The van der Waals surface area contributed by atoms with E-state index < -0.39 is 18.3 Å². The largest absolute Gasteiger partial charge is 0.446 e. The minimum atomic E-state index is -0.974. The molecule has 3 nitrogen and oxygen atoms in total. The monoisotopic (exact) mass is 167 g/mol. The van der Waals surface area contributed by atoms with Crippen LogP contribution in [0.2, 0.25) is 0 Å². The molecule has 1 aliphatic heterocycles. The SMILES string of the molecule is CC1(CF)COC(=O)N1Cl. The van der Waals surface area contributed by atoms with E-state index in [1.165, 1.54) is 6.92 Å². The molecule has 0 spiro atoms. The predicted molar refractivity (Wildman–Crippen MR) is 33.4 cm³/mol. The number of alkyl halides is 1. The zero-order valence-corrected chi connectivity index (χ0v) is 6.19. The van der Waals surface area contributed by atoms with Gasteiger partial charge in [-0.15, -0.1) is 0 Å². The van der Waals surface area contributed by atoms with Gasteiger partial charge in [0.2, 0.25) is 0 Å². The van der Waals surface area contributed by atoms with Gasteiger partial charge >= 0.3 is 6.09 Å². The summed E-state index contributed by atoms with van der Waals surface area (Å²) in [7, 11) is 0. The lowest BCUT2D eigenvalue weighted by atomic mass is 10.1. The minimum Gasteiger partial charge on any atom is -0.446 e. The van der Waals surface area contributed by atoms with Gasteiger partial charge in [-0.05, 0) is 6.92 Å². The van der Waals surface area contributed by atoms with Crippen LogP contribution in [0.5, 0.6) is 0 Å². The third kappa shape index (κ3) is 0.923. The molecule has 1 aliphatic rings. The smallest absolute Gasteiger partial charge is 0.425 e. The van der Waals surface area contributed by atoms with E-state index in [2.05, 4.69) is 4.74 Å². The molecule has 0 aromatic carbocycles. The number of ether oxygens (including phenoxy) is 1. The first-order valence-electron chi connectivity index (χ1n) is 2.79. The second-order valence-electron chi connectivity index (χ2n) is 2.47. The maximum atomic E-state index is 12.1. The molecule has 0 saturated carbocycles. The molecular weight excluding hydrogens is 161 g/mol. The van der Waals surface area contributed by atoms with Gasteiger partial charge in [0.25, 0.3) is 0 Å². The van der Waals surface area contributed by atoms with E-state index in [9.17, 15) is 9.18 Å². The van der Waals surface area contributed by atoms with Crippen LogP contribution in [-0.2, 0) is 4.74 Å². The lowest BCUT2D eigenvalue weighted by Crippen LogP contribution is -2.40. The van der Waals surface area contributed by atoms with Crippen LogP contribution >= 0.6 is 11.8 Å². The summed E-state index contributed by atoms with van der Waals surface area (Å²) in [6, 6.07) is 0. The van der Waals surface area contributed by atoms with Crippen molar-refractivity contribution in [3.8, 4) is 0 Å². The number of carbonyl (C=O) groups excluding carboxylic acids is 1. The van der Waals surface area contributed by atoms with E-state index >= 15 is 0 Å². The van der Waals surface area contributed by atoms with Crippen molar-refractivity contribution in [2.24, 2.45) is 0 Å². The van der Waals surface area contributed by atoms with Crippen molar-refractivity contribution in [3.05, 3.63) is 0 Å². The van der Waals surface area contributed by atoms with Crippen LogP contribution in [0.3, 0.4) is 0 Å². The number of nitrogens with zero attached hydrogens (tertiary/aromatic N) is 1. The van der Waals surface area contributed by atoms with E-state index in [4.69, 9.17) is 11.8 Å². The fraction of sp³-hybridized carbons (Fsp3) is 0.800. The molecule has 1 unspecified atom stereocenters. The summed E-state index contributed by atoms with van der Waals surface area (Å²) in [6.07, 6.45) is -0.679. The molecule has 0 radical (unpaired) electrons. The normalized spacial score (nSPS) is 32.7. The summed E-state index contributed by atoms with van der Waals surface area (Å²) < 4.78 is 17.4. The topological polar surface area (TPSA) is 29.5 Å². The van der Waals surface area contributed by atoms with Gasteiger partial charge in [0.15, 0.2) is 0 Å². The van der Waals surface area contributed by atoms with Gasteiger partial charge < -0.3 is 4.74 Å². The van der Waals surface area contributed by atoms with Crippen molar-refractivity contribution in [2.45, 2.75) is 12.5 Å². The molecular formula is C5H7ClFNO2. The van der Waals surface area contributed by atoms with Crippen LogP contribution in [0, 0.1) is 0 Å². The number of carbonyl (C=O) groups is 1. The van der Waals surface area contributed by atoms with Crippen LogP contribution in [0.15, 0.2) is 0 Å². The Morgan fingerprint density at radius 3 is 2.80 bits per heavy atom. The third-order valence-corrected chi connectivity index (χ3v) is 1.97. The highest BCUT2D eigenvalue weighted by Gasteiger charge is 2.43. The second-order valence-corrected chi connectivity index (χ2v) is 2.80. The summed E-state index contributed by atoms with van der Waals surface area (Å²) in [5.74, 6) is 0. The number of amides is 1. The molecule has 1 fully saturated rings. The Bertz CT molecular complexity index is 166. The van der Waals surface area contributed by atoms with Gasteiger partial charge in [-0.3, -0.25) is 0 Å². The van der Waals surface area contributed by atoms with Gasteiger partial charge in [-0.1, -0.05) is 0 Å². The maximum Gasteiger partial charge on any atom is 0.425 e. The summed E-state index contributed by atoms with van der Waals surface area (Å²) in [5, 5.41) is 0. The quantitative estimate of drug-likeness (QED) is 0.552. The van der Waals surface area contributed by atoms with Crippen LogP contribution < -0.4 is 0 Å². The average Bonchev–Trinajstić information content (AvgIpc) is 2.19. The van der Waals surface area contributed by atoms with Crippen molar-refractivity contribution in [2.75, 3.05) is 13.3 Å². The zero-order chi connectivity index (χ0) is 7.78. The molecule has 1 saturated heterocycles. The fourth-order valence-corrected chi connectivity index (χ4v) is 0.785. The number of hydrogen-bond acceptors (Lipinski definition) is 2. The molecule has 0 aromatic rings. The van der Waals surface area contributed by atoms with Crippen molar-refractivity contribution >= 4 is 17.9 Å². The molecule has 5 heteroatoms. The number of rotatable bonds is 1. The maximum absolute atomic E-state index is 12.1. The molecule has 0 N–H and O–H groups in total. The minimum absolute atomic E-state index is 0.0197. The highest BCUT2D eigenvalue weighted by atomic mass is 35.5. The van der Waals surface area contributed by atoms with E-state index in [0.29, 0.717) is 0 Å². The van der Waals surface area contributed by atoms with Gasteiger partial charge in [0.05, 0.1) is 0 Å². The number of hydrogen-bond donors (Lipinski definition) is 0. The lowest BCUT2D eigenvalue weighted by molar-refractivity contribution is 0.169. The number of cyclic esters (lactones) is 1. The Labute approximate surface area is 62.8 Å². The van der Waals surface area contributed by atoms with Crippen molar-refractivity contribution in [3.63, 3.8) is 0 Å². The number of halogens is 2. The first-order valence-corrected chi connectivity index (χ1v) is 3.13. The Kier molecular flexibility index (Phi) is 1.72. The van der Waals surface area contributed by atoms with Crippen molar-refractivity contribution < 1.29 is 13.9 Å². The Balaban J connectivity index is 2.73. The second kappa shape index (κ2) is 2.27. The van der Waals surface area contributed by atoms with Gasteiger partial charge in [0, 0.05) is 11.8 Å². The van der Waals surface area contributed by atoms with Crippen LogP contribution in [0.1, 0.15) is 6.92 Å². The highest BCUT2D eigenvalue weighted by molar-refractivity contribution is 6.21. The molecule has 1 heterocycles. The van der Waals surface area contributed by atoms with E-state index in [-0.39, 0.29) is 6.61 Å². The molecule has 1 rings (SSSR count). The molecule has 58 valence electrons. The fourth-order valence-electron chi connectivity index (χ4n) is 0.642. The Morgan fingerprint density at radius 1 is 2.00 bits per heavy atom. The summed E-state index contributed by atoms with van der Waals surface area (Å²) in [6.45, 7) is 0.846. The molecule has 0 bridgehead atoms. The van der Waals surface area contributed by atoms with E-state index in [1.54, 1.807) is 0 Å². The molecule has 0 aromatic heterocycles. The summed E-state index contributed by atoms with van der Waals surface area (Å²) >= 11 is 5.39. The van der Waals surface area contributed by atoms with Crippen molar-refractivity contribution in [1.29, 1.82) is 0 Å². The standard InChI is InChI=1S/C5H7ClFNO2/c1-5(2-7)3-10-4(9)8(5)6/h2-3H2,1H3. The average molecular weight is 168 g/mol. The highest BCUT2D eigenvalue weighted by Crippen LogP contribution is 2.26. The van der Waals surface area contributed by atoms with E-state index in [1.807, 2.05) is 0 Å². The predicted octanol–water partition coefficient (Wildman–Crippen LogP) is 1.32.